The van der Waals surface area contributed by atoms with E-state index < -0.39 is 21.0 Å². The van der Waals surface area contributed by atoms with Gasteiger partial charge in [-0.2, -0.15) is 4.31 Å². The zero-order valence-corrected chi connectivity index (χ0v) is 19.5. The quantitative estimate of drug-likeness (QED) is 0.321. The molecule has 0 aliphatic heterocycles. The first-order valence-electron chi connectivity index (χ1n) is 10.3. The summed E-state index contributed by atoms with van der Waals surface area (Å²) < 4.78 is 39.7. The lowest BCUT2D eigenvalue weighted by Crippen LogP contribution is -2.39. The minimum atomic E-state index is -4.08. The minimum absolute atomic E-state index is 0.0771. The maximum atomic E-state index is 13.8. The molecule has 0 aliphatic rings. The van der Waals surface area contributed by atoms with Gasteiger partial charge in [-0.3, -0.25) is 10.1 Å². The number of nitro benzene ring substituents is 1. The highest BCUT2D eigenvalue weighted by Gasteiger charge is 2.33. The van der Waals surface area contributed by atoms with Gasteiger partial charge in [-0.05, 0) is 36.6 Å². The van der Waals surface area contributed by atoms with Crippen LogP contribution in [0.25, 0.3) is 0 Å². The van der Waals surface area contributed by atoms with Crippen molar-refractivity contribution in [3.8, 4) is 11.5 Å². The van der Waals surface area contributed by atoms with Crippen molar-refractivity contribution in [2.24, 2.45) is 0 Å². The van der Waals surface area contributed by atoms with Gasteiger partial charge in [0.15, 0.2) is 0 Å². The van der Waals surface area contributed by atoms with Crippen LogP contribution in [0.5, 0.6) is 11.5 Å². The normalized spacial score (nSPS) is 12.4. The molecule has 0 spiro atoms. The molecule has 9 heteroatoms. The molecule has 0 aromatic heterocycles. The van der Waals surface area contributed by atoms with Crippen molar-refractivity contribution in [2.75, 3.05) is 14.2 Å². The Hall–Kier alpha value is -3.43. The number of benzene rings is 3. The van der Waals surface area contributed by atoms with Gasteiger partial charge in [-0.25, -0.2) is 8.42 Å². The molecule has 174 valence electrons. The number of rotatable bonds is 10. The summed E-state index contributed by atoms with van der Waals surface area (Å²) in [5.74, 6) is 0.598. The Bertz CT molecular complexity index is 1210. The first kappa shape index (κ1) is 24.2. The van der Waals surface area contributed by atoms with Crippen LogP contribution >= 0.6 is 0 Å². The van der Waals surface area contributed by atoms with Crippen molar-refractivity contribution in [3.05, 3.63) is 94.0 Å². The number of nitro groups is 1. The summed E-state index contributed by atoms with van der Waals surface area (Å²) in [7, 11) is -1.22. The van der Waals surface area contributed by atoms with Gasteiger partial charge in [0.25, 0.3) is 5.69 Å². The smallest absolute Gasteiger partial charge is 0.273 e. The Labute approximate surface area is 193 Å². The van der Waals surface area contributed by atoms with Gasteiger partial charge in [0.1, 0.15) is 16.4 Å². The predicted molar refractivity (Wildman–Crippen MR) is 125 cm³/mol. The molecule has 0 aliphatic carbocycles. The first-order valence-corrected chi connectivity index (χ1v) is 11.7. The summed E-state index contributed by atoms with van der Waals surface area (Å²) in [5.41, 5.74) is 1.44. The van der Waals surface area contributed by atoms with E-state index in [9.17, 15) is 18.5 Å². The second-order valence-electron chi connectivity index (χ2n) is 7.49. The third kappa shape index (κ3) is 5.50. The molecule has 3 aromatic rings. The summed E-state index contributed by atoms with van der Waals surface area (Å²) in [4.78, 5) is 10.4. The second-order valence-corrected chi connectivity index (χ2v) is 9.35. The highest BCUT2D eigenvalue weighted by molar-refractivity contribution is 7.89. The Morgan fingerprint density at radius 2 is 1.58 bits per heavy atom. The largest absolute Gasteiger partial charge is 0.496 e. The zero-order chi connectivity index (χ0) is 24.0. The molecule has 8 nitrogen and oxygen atoms in total. The fraction of sp³-hybridized carbons (Fsp3) is 0.250. The van der Waals surface area contributed by atoms with E-state index in [-0.39, 0.29) is 22.9 Å². The van der Waals surface area contributed by atoms with Crippen LogP contribution in [-0.2, 0) is 23.0 Å². The van der Waals surface area contributed by atoms with E-state index in [1.165, 1.54) is 23.5 Å². The van der Waals surface area contributed by atoms with Crippen molar-refractivity contribution >= 4 is 15.7 Å². The van der Waals surface area contributed by atoms with Crippen molar-refractivity contribution < 1.29 is 22.8 Å². The zero-order valence-electron chi connectivity index (χ0n) is 18.7. The van der Waals surface area contributed by atoms with Gasteiger partial charge in [0.05, 0.1) is 25.2 Å². The molecule has 0 amide bonds. The molecule has 1 atom stereocenters. The van der Waals surface area contributed by atoms with Crippen LogP contribution in [0.1, 0.15) is 18.1 Å². The van der Waals surface area contributed by atoms with Gasteiger partial charge in [-0.1, -0.05) is 48.5 Å². The van der Waals surface area contributed by atoms with Crippen LogP contribution in [0.4, 0.5) is 5.69 Å². The maximum Gasteiger partial charge on any atom is 0.273 e. The van der Waals surface area contributed by atoms with E-state index >= 15 is 0 Å². The van der Waals surface area contributed by atoms with Crippen molar-refractivity contribution in [1.82, 2.24) is 4.31 Å². The van der Waals surface area contributed by atoms with E-state index in [1.807, 2.05) is 61.5 Å². The van der Waals surface area contributed by atoms with Crippen molar-refractivity contribution in [3.63, 3.8) is 0 Å². The Morgan fingerprint density at radius 3 is 2.21 bits per heavy atom. The number of ether oxygens (including phenoxy) is 2. The molecule has 3 aromatic carbocycles. The topological polar surface area (TPSA) is 99.0 Å². The predicted octanol–water partition coefficient (Wildman–Crippen LogP) is 4.43. The molecule has 3 rings (SSSR count). The highest BCUT2D eigenvalue weighted by atomic mass is 32.2. The van der Waals surface area contributed by atoms with Crippen molar-refractivity contribution in [1.29, 1.82) is 0 Å². The fourth-order valence-corrected chi connectivity index (χ4v) is 5.40. The summed E-state index contributed by atoms with van der Waals surface area (Å²) in [6, 6.07) is 19.8. The summed E-state index contributed by atoms with van der Waals surface area (Å²) >= 11 is 0. The van der Waals surface area contributed by atoms with Gasteiger partial charge < -0.3 is 9.47 Å². The molecule has 0 saturated carbocycles. The molecular weight excluding hydrogens is 444 g/mol. The number of para-hydroxylation sites is 1. The lowest BCUT2D eigenvalue weighted by atomic mass is 10.1. The Balaban J connectivity index is 2.05. The van der Waals surface area contributed by atoms with Gasteiger partial charge >= 0.3 is 0 Å². The number of non-ortho nitro benzene ring substituents is 1. The van der Waals surface area contributed by atoms with E-state index in [2.05, 4.69) is 0 Å². The second kappa shape index (κ2) is 10.5. The molecule has 0 heterocycles. The monoisotopic (exact) mass is 470 g/mol. The standard InChI is InChI=1S/C24H26N2O6S/c1-18(15-20-11-7-8-12-22(20)31-2)25(17-19-9-5-4-6-10-19)33(29,30)24-14-13-21(26(27)28)16-23(24)32-3/h4-14,16,18H,15,17H2,1-3H3. The van der Waals surface area contributed by atoms with Gasteiger partial charge in [0, 0.05) is 18.7 Å². The molecule has 0 N–H and O–H groups in total. The van der Waals surface area contributed by atoms with Crippen LogP contribution < -0.4 is 9.47 Å². The van der Waals surface area contributed by atoms with E-state index in [0.29, 0.717) is 12.2 Å². The van der Waals surface area contributed by atoms with Crippen LogP contribution in [-0.4, -0.2) is 37.9 Å². The third-order valence-electron chi connectivity index (χ3n) is 5.33. The Morgan fingerprint density at radius 1 is 0.939 bits per heavy atom. The molecule has 0 radical (unpaired) electrons. The number of hydrogen-bond acceptors (Lipinski definition) is 6. The first-order chi connectivity index (χ1) is 15.8. The van der Waals surface area contributed by atoms with E-state index in [1.54, 1.807) is 7.11 Å². The summed E-state index contributed by atoms with van der Waals surface area (Å²) in [6.45, 7) is 1.95. The number of sulfonamides is 1. The Kier molecular flexibility index (Phi) is 7.67. The van der Waals surface area contributed by atoms with Crippen LogP contribution in [0.3, 0.4) is 0 Å². The summed E-state index contributed by atoms with van der Waals surface area (Å²) in [6.07, 6.45) is 0.408. The molecule has 1 unspecified atom stereocenters. The fourth-order valence-electron chi connectivity index (χ4n) is 3.64. The molecule has 33 heavy (non-hydrogen) atoms. The molecule has 0 saturated heterocycles. The van der Waals surface area contributed by atoms with E-state index in [0.717, 1.165) is 17.2 Å². The molecule has 0 bridgehead atoms. The SMILES string of the molecule is COc1ccccc1CC(C)N(Cc1ccccc1)S(=O)(=O)c1ccc([N+](=O)[O-])cc1OC. The number of methoxy groups -OCH3 is 2. The van der Waals surface area contributed by atoms with E-state index in [4.69, 9.17) is 9.47 Å². The number of nitrogens with zero attached hydrogens (tertiary/aromatic N) is 2. The lowest BCUT2D eigenvalue weighted by molar-refractivity contribution is -0.385. The van der Waals surface area contributed by atoms with Crippen LogP contribution in [0.2, 0.25) is 0 Å². The average Bonchev–Trinajstić information content (AvgIpc) is 2.82. The average molecular weight is 471 g/mol. The molecule has 0 fully saturated rings. The van der Waals surface area contributed by atoms with Gasteiger partial charge in [0.2, 0.25) is 10.0 Å². The maximum absolute atomic E-state index is 13.8. The highest BCUT2D eigenvalue weighted by Crippen LogP contribution is 2.33. The third-order valence-corrected chi connectivity index (χ3v) is 7.32. The number of hydrogen-bond donors (Lipinski definition) is 0. The van der Waals surface area contributed by atoms with Crippen molar-refractivity contribution in [2.45, 2.75) is 30.8 Å². The molecular formula is C24H26N2O6S. The summed E-state index contributed by atoms with van der Waals surface area (Å²) in [5, 5.41) is 11.2. The van der Waals surface area contributed by atoms with Crippen LogP contribution in [0.15, 0.2) is 77.7 Å². The lowest BCUT2D eigenvalue weighted by Gasteiger charge is -2.29. The minimum Gasteiger partial charge on any atom is -0.496 e. The van der Waals surface area contributed by atoms with Crippen LogP contribution in [0, 0.1) is 10.1 Å². The van der Waals surface area contributed by atoms with Gasteiger partial charge in [-0.15, -0.1) is 0 Å².